The second-order valence-corrected chi connectivity index (χ2v) is 5.38. The number of nitrogens with zero attached hydrogens (tertiary/aromatic N) is 3. The maximum Gasteiger partial charge on any atom is 0.160 e. The van der Waals surface area contributed by atoms with Gasteiger partial charge in [0.1, 0.15) is 5.15 Å². The van der Waals surface area contributed by atoms with Gasteiger partial charge >= 0.3 is 0 Å². The van der Waals surface area contributed by atoms with Crippen LogP contribution in [-0.4, -0.2) is 21.2 Å². The van der Waals surface area contributed by atoms with E-state index in [1.807, 2.05) is 12.3 Å². The first-order valence-electron chi connectivity index (χ1n) is 6.32. The molecule has 1 aliphatic heterocycles. The molecule has 0 aliphatic carbocycles. The molecule has 1 aliphatic rings. The molecule has 1 unspecified atom stereocenters. The maximum atomic E-state index is 6.26. The SMILES string of the molecule is CC(C)c1cnn2c(Cl)cc(C3CCCO3)nc12. The first-order chi connectivity index (χ1) is 8.66. The van der Waals surface area contributed by atoms with Crippen molar-refractivity contribution in [3.63, 3.8) is 0 Å². The summed E-state index contributed by atoms with van der Waals surface area (Å²) < 4.78 is 7.36. The first-order valence-corrected chi connectivity index (χ1v) is 6.70. The summed E-state index contributed by atoms with van der Waals surface area (Å²) >= 11 is 6.26. The summed E-state index contributed by atoms with van der Waals surface area (Å²) in [5.41, 5.74) is 2.90. The highest BCUT2D eigenvalue weighted by Gasteiger charge is 2.22. The van der Waals surface area contributed by atoms with Crippen LogP contribution in [0.25, 0.3) is 5.65 Å². The monoisotopic (exact) mass is 265 g/mol. The minimum Gasteiger partial charge on any atom is -0.372 e. The van der Waals surface area contributed by atoms with Gasteiger partial charge in [-0.15, -0.1) is 0 Å². The average molecular weight is 266 g/mol. The second-order valence-electron chi connectivity index (χ2n) is 5.00. The Labute approximate surface area is 111 Å². The van der Waals surface area contributed by atoms with Crippen LogP contribution in [0.1, 0.15) is 50.0 Å². The van der Waals surface area contributed by atoms with Gasteiger partial charge in [-0.05, 0) is 24.8 Å². The van der Waals surface area contributed by atoms with Crippen molar-refractivity contribution < 1.29 is 4.74 Å². The zero-order valence-electron chi connectivity index (χ0n) is 10.6. The Morgan fingerprint density at radius 3 is 3.00 bits per heavy atom. The number of hydrogen-bond acceptors (Lipinski definition) is 3. The van der Waals surface area contributed by atoms with E-state index < -0.39 is 0 Å². The zero-order valence-corrected chi connectivity index (χ0v) is 11.3. The predicted molar refractivity (Wildman–Crippen MR) is 70.0 cm³/mol. The largest absolute Gasteiger partial charge is 0.372 e. The molecular weight excluding hydrogens is 250 g/mol. The number of rotatable bonds is 2. The van der Waals surface area contributed by atoms with Gasteiger partial charge in [0.25, 0.3) is 0 Å². The van der Waals surface area contributed by atoms with Gasteiger partial charge in [-0.25, -0.2) is 9.50 Å². The van der Waals surface area contributed by atoms with Crippen molar-refractivity contribution in [2.75, 3.05) is 6.61 Å². The van der Waals surface area contributed by atoms with Crippen molar-refractivity contribution in [1.29, 1.82) is 0 Å². The molecule has 0 spiro atoms. The minimum atomic E-state index is 0.0856. The molecular formula is C13H16ClN3O. The average Bonchev–Trinajstić information content (AvgIpc) is 2.97. The van der Waals surface area contributed by atoms with Crippen molar-refractivity contribution in [1.82, 2.24) is 14.6 Å². The van der Waals surface area contributed by atoms with Crippen molar-refractivity contribution in [2.24, 2.45) is 0 Å². The lowest BCUT2D eigenvalue weighted by atomic mass is 10.1. The minimum absolute atomic E-state index is 0.0856. The van der Waals surface area contributed by atoms with Crippen molar-refractivity contribution >= 4 is 17.2 Å². The normalized spacial score (nSPS) is 20.1. The fourth-order valence-corrected chi connectivity index (χ4v) is 2.58. The molecule has 18 heavy (non-hydrogen) atoms. The summed E-state index contributed by atoms with van der Waals surface area (Å²) in [6.07, 6.45) is 4.04. The highest BCUT2D eigenvalue weighted by atomic mass is 35.5. The van der Waals surface area contributed by atoms with Crippen molar-refractivity contribution in [3.05, 3.63) is 28.7 Å². The molecule has 96 valence electrons. The van der Waals surface area contributed by atoms with Crippen molar-refractivity contribution in [3.8, 4) is 0 Å². The van der Waals surface area contributed by atoms with Crippen LogP contribution in [0.2, 0.25) is 5.15 Å². The van der Waals surface area contributed by atoms with E-state index in [4.69, 9.17) is 21.3 Å². The Hall–Kier alpha value is -1.13. The van der Waals surface area contributed by atoms with Gasteiger partial charge in [0, 0.05) is 12.2 Å². The molecule has 0 N–H and O–H groups in total. The molecule has 2 aromatic rings. The molecule has 2 aromatic heterocycles. The summed E-state index contributed by atoms with van der Waals surface area (Å²) in [6, 6.07) is 1.86. The topological polar surface area (TPSA) is 39.4 Å². The molecule has 0 amide bonds. The van der Waals surface area contributed by atoms with Crippen LogP contribution in [-0.2, 0) is 4.74 Å². The lowest BCUT2D eigenvalue weighted by Crippen LogP contribution is -2.04. The van der Waals surface area contributed by atoms with Gasteiger partial charge in [0.2, 0.25) is 0 Å². The van der Waals surface area contributed by atoms with E-state index in [-0.39, 0.29) is 6.10 Å². The number of ether oxygens (including phenoxy) is 1. The molecule has 3 heterocycles. The molecule has 5 heteroatoms. The molecule has 1 saturated heterocycles. The van der Waals surface area contributed by atoms with Gasteiger partial charge in [-0.2, -0.15) is 5.10 Å². The summed E-state index contributed by atoms with van der Waals surface area (Å²) in [5, 5.41) is 4.88. The number of aromatic nitrogens is 3. The van der Waals surface area contributed by atoms with Gasteiger partial charge in [0.05, 0.1) is 18.0 Å². The van der Waals surface area contributed by atoms with Crippen LogP contribution in [0.15, 0.2) is 12.3 Å². The second kappa shape index (κ2) is 4.52. The van der Waals surface area contributed by atoms with Gasteiger partial charge in [-0.3, -0.25) is 0 Å². The van der Waals surface area contributed by atoms with Gasteiger partial charge in [-0.1, -0.05) is 25.4 Å². The Morgan fingerprint density at radius 2 is 2.33 bits per heavy atom. The first kappa shape index (κ1) is 11.9. The molecule has 1 atom stereocenters. The van der Waals surface area contributed by atoms with Crippen LogP contribution in [0.3, 0.4) is 0 Å². The Balaban J connectivity index is 2.14. The van der Waals surface area contributed by atoms with Gasteiger partial charge in [0.15, 0.2) is 5.65 Å². The summed E-state index contributed by atoms with van der Waals surface area (Å²) in [6.45, 7) is 5.07. The molecule has 1 fully saturated rings. The van der Waals surface area contributed by atoms with E-state index >= 15 is 0 Å². The molecule has 0 aromatic carbocycles. The lowest BCUT2D eigenvalue weighted by molar-refractivity contribution is 0.109. The van der Waals surface area contributed by atoms with E-state index in [0.29, 0.717) is 11.1 Å². The molecule has 0 saturated carbocycles. The standard InChI is InChI=1S/C13H16ClN3O/c1-8(2)9-7-15-17-12(14)6-10(16-13(9)17)11-4-3-5-18-11/h6-8,11H,3-5H2,1-2H3. The molecule has 0 bridgehead atoms. The van der Waals surface area contributed by atoms with E-state index in [1.165, 1.54) is 0 Å². The number of halogens is 1. The summed E-state index contributed by atoms with van der Waals surface area (Å²) in [4.78, 5) is 4.69. The zero-order chi connectivity index (χ0) is 12.7. The van der Waals surface area contributed by atoms with Crippen LogP contribution >= 0.6 is 11.6 Å². The van der Waals surface area contributed by atoms with Crippen LogP contribution in [0.4, 0.5) is 0 Å². The summed E-state index contributed by atoms with van der Waals surface area (Å²) in [7, 11) is 0. The molecule has 0 radical (unpaired) electrons. The van der Waals surface area contributed by atoms with E-state index in [0.717, 1.165) is 36.4 Å². The quantitative estimate of drug-likeness (QED) is 0.782. The molecule has 3 rings (SSSR count). The van der Waals surface area contributed by atoms with E-state index in [2.05, 4.69) is 18.9 Å². The fraction of sp³-hybridized carbons (Fsp3) is 0.538. The summed E-state index contributed by atoms with van der Waals surface area (Å²) in [5.74, 6) is 0.380. The van der Waals surface area contributed by atoms with Crippen LogP contribution < -0.4 is 0 Å². The number of fused-ring (bicyclic) bond motifs is 1. The predicted octanol–water partition coefficient (Wildman–Crippen LogP) is 3.36. The van der Waals surface area contributed by atoms with Crippen molar-refractivity contribution in [2.45, 2.75) is 38.7 Å². The van der Waals surface area contributed by atoms with Crippen LogP contribution in [0, 0.1) is 0 Å². The number of hydrogen-bond donors (Lipinski definition) is 0. The highest BCUT2D eigenvalue weighted by molar-refractivity contribution is 6.29. The Kier molecular flexibility index (Phi) is 2.99. The third-order valence-corrected chi connectivity index (χ3v) is 3.63. The maximum absolute atomic E-state index is 6.26. The fourth-order valence-electron chi connectivity index (χ4n) is 2.34. The third kappa shape index (κ3) is 1.89. The van der Waals surface area contributed by atoms with Gasteiger partial charge < -0.3 is 4.74 Å². The Bertz CT molecular complexity index is 573. The lowest BCUT2D eigenvalue weighted by Gasteiger charge is -2.11. The van der Waals surface area contributed by atoms with E-state index in [9.17, 15) is 0 Å². The third-order valence-electron chi connectivity index (χ3n) is 3.36. The highest BCUT2D eigenvalue weighted by Crippen LogP contribution is 2.30. The van der Waals surface area contributed by atoms with Crippen LogP contribution in [0.5, 0.6) is 0 Å². The Morgan fingerprint density at radius 1 is 1.50 bits per heavy atom. The van der Waals surface area contributed by atoms with E-state index in [1.54, 1.807) is 4.52 Å². The smallest absolute Gasteiger partial charge is 0.160 e. The molecule has 4 nitrogen and oxygen atoms in total.